The molecule has 0 saturated carbocycles. The number of terminal acetylenes is 1. The topological polar surface area (TPSA) is 79.1 Å². The van der Waals surface area contributed by atoms with Crippen LogP contribution in [-0.2, 0) is 9.53 Å². The van der Waals surface area contributed by atoms with Crippen molar-refractivity contribution in [2.24, 2.45) is 4.99 Å². The zero-order valence-electron chi connectivity index (χ0n) is 21.1. The van der Waals surface area contributed by atoms with Gasteiger partial charge in [0.05, 0.1) is 29.0 Å². The molecule has 0 bridgehead atoms. The number of rotatable bonds is 7. The first-order valence-electron chi connectivity index (χ1n) is 11.6. The van der Waals surface area contributed by atoms with E-state index in [1.165, 1.54) is 15.9 Å². The van der Waals surface area contributed by atoms with Crippen molar-refractivity contribution < 1.29 is 19.0 Å². The van der Waals surface area contributed by atoms with E-state index < -0.39 is 12.0 Å². The van der Waals surface area contributed by atoms with Crippen LogP contribution in [0.3, 0.4) is 0 Å². The summed E-state index contributed by atoms with van der Waals surface area (Å²) in [5, 5.41) is 0. The smallest absolute Gasteiger partial charge is 0.338 e. The molecule has 1 aromatic heterocycles. The summed E-state index contributed by atoms with van der Waals surface area (Å²) in [5.41, 5.74) is 1.73. The van der Waals surface area contributed by atoms with Crippen LogP contribution >= 0.6 is 43.2 Å². The Balaban J connectivity index is 2.00. The van der Waals surface area contributed by atoms with E-state index in [1.54, 1.807) is 46.1 Å². The molecule has 1 aliphatic rings. The second kappa shape index (κ2) is 11.7. The fourth-order valence-electron chi connectivity index (χ4n) is 4.10. The van der Waals surface area contributed by atoms with Gasteiger partial charge in [-0.25, -0.2) is 9.79 Å². The monoisotopic (exact) mass is 658 g/mol. The molecule has 3 aromatic rings. The highest BCUT2D eigenvalue weighted by Gasteiger charge is 2.35. The van der Waals surface area contributed by atoms with Crippen LogP contribution in [0.15, 0.2) is 66.4 Å². The molecule has 0 fully saturated rings. The Labute approximate surface area is 240 Å². The Morgan fingerprint density at radius 2 is 1.89 bits per heavy atom. The predicted octanol–water partition coefficient (Wildman–Crippen LogP) is 4.73. The molecular weight excluding hydrogens is 636 g/mol. The Kier molecular flexibility index (Phi) is 8.61. The van der Waals surface area contributed by atoms with E-state index >= 15 is 0 Å². The molecule has 0 unspecified atom stereocenters. The van der Waals surface area contributed by atoms with Gasteiger partial charge < -0.3 is 14.2 Å². The second-order valence-electron chi connectivity index (χ2n) is 8.60. The van der Waals surface area contributed by atoms with E-state index in [0.717, 1.165) is 8.95 Å². The number of ether oxygens (including phenoxy) is 3. The van der Waals surface area contributed by atoms with Gasteiger partial charge in [-0.1, -0.05) is 49.1 Å². The van der Waals surface area contributed by atoms with Crippen LogP contribution in [0, 0.1) is 12.3 Å². The molecule has 38 heavy (non-hydrogen) atoms. The van der Waals surface area contributed by atoms with Gasteiger partial charge in [0.2, 0.25) is 0 Å². The Hall–Kier alpha value is -3.13. The molecule has 1 atom stereocenters. The molecule has 4 rings (SSSR count). The Bertz CT molecular complexity index is 1660. The average molecular weight is 660 g/mol. The minimum atomic E-state index is -0.813. The Morgan fingerprint density at radius 1 is 1.21 bits per heavy atom. The molecule has 0 spiro atoms. The zero-order valence-corrected chi connectivity index (χ0v) is 25.1. The average Bonchev–Trinajstić information content (AvgIpc) is 3.16. The third-order valence-electron chi connectivity index (χ3n) is 5.64. The van der Waals surface area contributed by atoms with Gasteiger partial charge in [0.15, 0.2) is 4.80 Å². The predicted molar refractivity (Wildman–Crippen MR) is 154 cm³/mol. The first kappa shape index (κ1) is 27.9. The summed E-state index contributed by atoms with van der Waals surface area (Å²) in [6.07, 6.45) is 6.76. The summed E-state index contributed by atoms with van der Waals surface area (Å²) < 4.78 is 20.4. The van der Waals surface area contributed by atoms with Crippen LogP contribution in [0.2, 0.25) is 0 Å². The van der Waals surface area contributed by atoms with Crippen LogP contribution < -0.4 is 24.4 Å². The summed E-state index contributed by atoms with van der Waals surface area (Å²) in [6, 6.07) is 10.1. The number of allylic oxidation sites excluding steroid dienone is 1. The van der Waals surface area contributed by atoms with E-state index in [-0.39, 0.29) is 23.8 Å². The van der Waals surface area contributed by atoms with Crippen LogP contribution in [-0.4, -0.2) is 30.4 Å². The SMILES string of the molecule is C#CCOc1ccc(Br)cc1/C=c1\sc2n(c1=O)[C@@H](c1cc(Br)ccc1OC)C(C(=O)OC(C)C)=C(C)N=2. The van der Waals surface area contributed by atoms with Gasteiger partial charge >= 0.3 is 5.97 Å². The molecule has 2 heterocycles. The van der Waals surface area contributed by atoms with E-state index in [0.29, 0.717) is 37.7 Å². The number of carbonyl (C=O) groups excluding carboxylic acids is 1. The molecule has 2 aromatic carbocycles. The van der Waals surface area contributed by atoms with Gasteiger partial charge in [-0.05, 0) is 63.2 Å². The van der Waals surface area contributed by atoms with Gasteiger partial charge in [0, 0.05) is 20.1 Å². The number of hydrogen-bond acceptors (Lipinski definition) is 7. The van der Waals surface area contributed by atoms with Crippen molar-refractivity contribution in [2.75, 3.05) is 13.7 Å². The molecule has 1 aliphatic heterocycles. The summed E-state index contributed by atoms with van der Waals surface area (Å²) in [6.45, 7) is 5.38. The van der Waals surface area contributed by atoms with Crippen LogP contribution in [0.5, 0.6) is 11.5 Å². The maximum atomic E-state index is 14.0. The summed E-state index contributed by atoms with van der Waals surface area (Å²) in [7, 11) is 1.55. The summed E-state index contributed by atoms with van der Waals surface area (Å²) >= 11 is 8.21. The number of benzene rings is 2. The van der Waals surface area contributed by atoms with Crippen molar-refractivity contribution >= 4 is 55.2 Å². The van der Waals surface area contributed by atoms with Gasteiger partial charge in [0.25, 0.3) is 5.56 Å². The molecule has 10 heteroatoms. The lowest BCUT2D eigenvalue weighted by molar-refractivity contribution is -0.143. The number of esters is 1. The largest absolute Gasteiger partial charge is 0.496 e. The molecule has 0 radical (unpaired) electrons. The van der Waals surface area contributed by atoms with E-state index in [1.807, 2.05) is 24.3 Å². The van der Waals surface area contributed by atoms with E-state index in [4.69, 9.17) is 20.6 Å². The van der Waals surface area contributed by atoms with Crippen molar-refractivity contribution in [3.05, 3.63) is 87.4 Å². The summed E-state index contributed by atoms with van der Waals surface area (Å²) in [4.78, 5) is 32.4. The van der Waals surface area contributed by atoms with Crippen molar-refractivity contribution in [1.29, 1.82) is 0 Å². The minimum absolute atomic E-state index is 0.0902. The third-order valence-corrected chi connectivity index (χ3v) is 7.61. The maximum Gasteiger partial charge on any atom is 0.338 e. The summed E-state index contributed by atoms with van der Waals surface area (Å²) in [5.74, 6) is 2.98. The van der Waals surface area contributed by atoms with Crippen molar-refractivity contribution in [3.8, 4) is 23.8 Å². The first-order chi connectivity index (χ1) is 18.1. The van der Waals surface area contributed by atoms with Crippen molar-refractivity contribution in [3.63, 3.8) is 0 Å². The molecule has 7 nitrogen and oxygen atoms in total. The number of fused-ring (bicyclic) bond motifs is 1. The van der Waals surface area contributed by atoms with Crippen LogP contribution in [0.25, 0.3) is 6.08 Å². The lowest BCUT2D eigenvalue weighted by Crippen LogP contribution is -2.40. The Morgan fingerprint density at radius 3 is 2.55 bits per heavy atom. The zero-order chi connectivity index (χ0) is 27.6. The highest BCUT2D eigenvalue weighted by atomic mass is 79.9. The molecule has 0 amide bonds. The fourth-order valence-corrected chi connectivity index (χ4v) is 5.89. The van der Waals surface area contributed by atoms with Crippen molar-refractivity contribution in [1.82, 2.24) is 4.57 Å². The number of carbonyl (C=O) groups is 1. The normalized spacial score (nSPS) is 15.1. The molecule has 196 valence electrons. The quantitative estimate of drug-likeness (QED) is 0.271. The number of hydrogen-bond donors (Lipinski definition) is 0. The molecule has 0 aliphatic carbocycles. The second-order valence-corrected chi connectivity index (χ2v) is 11.4. The number of aromatic nitrogens is 1. The van der Waals surface area contributed by atoms with Gasteiger partial charge in [0.1, 0.15) is 24.1 Å². The fraction of sp³-hybridized carbons (Fsp3) is 0.250. The van der Waals surface area contributed by atoms with E-state index in [9.17, 15) is 9.59 Å². The minimum Gasteiger partial charge on any atom is -0.496 e. The molecular formula is C28H24Br2N2O5S. The van der Waals surface area contributed by atoms with Gasteiger partial charge in [-0.2, -0.15) is 0 Å². The third kappa shape index (κ3) is 5.65. The lowest BCUT2D eigenvalue weighted by Gasteiger charge is -2.26. The highest BCUT2D eigenvalue weighted by molar-refractivity contribution is 9.10. The van der Waals surface area contributed by atoms with Gasteiger partial charge in [-0.3, -0.25) is 9.36 Å². The number of methoxy groups -OCH3 is 1. The first-order valence-corrected chi connectivity index (χ1v) is 14.0. The van der Waals surface area contributed by atoms with Crippen molar-refractivity contribution in [2.45, 2.75) is 32.9 Å². The number of thiazole rings is 1. The molecule has 0 saturated heterocycles. The molecule has 0 N–H and O–H groups in total. The number of halogens is 2. The standard InChI is InChI=1S/C28H24Br2N2O5S/c1-6-11-36-21-9-7-18(29)12-17(21)13-23-26(33)32-25(20-14-19(30)8-10-22(20)35-5)24(27(34)37-15(2)3)16(4)31-28(32)38-23/h1,7-10,12-15,25H,11H2,2-5H3/b23-13-/t25-/m0/s1. The maximum absolute atomic E-state index is 14.0. The van der Waals surface area contributed by atoms with Crippen LogP contribution in [0.1, 0.15) is 37.9 Å². The number of nitrogens with zero attached hydrogens (tertiary/aromatic N) is 2. The van der Waals surface area contributed by atoms with Gasteiger partial charge in [-0.15, -0.1) is 6.42 Å². The lowest BCUT2D eigenvalue weighted by atomic mass is 9.95. The van der Waals surface area contributed by atoms with E-state index in [2.05, 4.69) is 42.8 Å². The highest BCUT2D eigenvalue weighted by Crippen LogP contribution is 2.37. The van der Waals surface area contributed by atoms with Crippen LogP contribution in [0.4, 0.5) is 0 Å².